The Balaban J connectivity index is 1.27. The van der Waals surface area contributed by atoms with E-state index in [1.807, 2.05) is 18.5 Å². The predicted molar refractivity (Wildman–Crippen MR) is 118 cm³/mol. The van der Waals surface area contributed by atoms with E-state index in [0.29, 0.717) is 23.7 Å². The molecule has 3 aliphatic rings. The number of thioether (sulfide) groups is 1. The van der Waals surface area contributed by atoms with E-state index in [2.05, 4.69) is 40.0 Å². The van der Waals surface area contributed by atoms with E-state index in [1.165, 1.54) is 12.0 Å². The van der Waals surface area contributed by atoms with Crippen molar-refractivity contribution in [2.75, 3.05) is 13.1 Å². The molecule has 0 aromatic carbocycles. The van der Waals surface area contributed by atoms with Gasteiger partial charge in [0.25, 0.3) is 0 Å². The number of allylic oxidation sites excluding steroid dienone is 2. The summed E-state index contributed by atoms with van der Waals surface area (Å²) in [5.74, 6) is 2.79. The summed E-state index contributed by atoms with van der Waals surface area (Å²) in [7, 11) is 0. The van der Waals surface area contributed by atoms with Crippen LogP contribution in [0.2, 0.25) is 0 Å². The lowest BCUT2D eigenvalue weighted by molar-refractivity contribution is -0.137. The van der Waals surface area contributed by atoms with Crippen LogP contribution in [0.5, 0.6) is 0 Å². The fourth-order valence-electron chi connectivity index (χ4n) is 5.25. The number of amides is 1. The van der Waals surface area contributed by atoms with Crippen molar-refractivity contribution in [3.63, 3.8) is 0 Å². The smallest absolute Gasteiger partial charge is 0.226 e. The lowest BCUT2D eigenvalue weighted by atomic mass is 9.88. The first-order valence-corrected chi connectivity index (χ1v) is 12.0. The monoisotopic (exact) mass is 420 g/mol. The van der Waals surface area contributed by atoms with Gasteiger partial charge in [-0.1, -0.05) is 30.0 Å². The summed E-state index contributed by atoms with van der Waals surface area (Å²) in [6, 6.07) is 4.03. The van der Waals surface area contributed by atoms with Crippen LogP contribution in [0, 0.1) is 24.7 Å². The molecule has 4 atom stereocenters. The molecular formula is C24H28N4OS. The van der Waals surface area contributed by atoms with Crippen molar-refractivity contribution >= 4 is 17.7 Å². The van der Waals surface area contributed by atoms with Crippen LogP contribution in [0.3, 0.4) is 0 Å². The number of piperidine rings is 1. The van der Waals surface area contributed by atoms with Crippen LogP contribution in [0.4, 0.5) is 0 Å². The highest BCUT2D eigenvalue weighted by Crippen LogP contribution is 2.44. The Morgan fingerprint density at radius 1 is 1.27 bits per heavy atom. The minimum absolute atomic E-state index is 0.204. The van der Waals surface area contributed by atoms with Crippen LogP contribution in [0.15, 0.2) is 48.0 Å². The van der Waals surface area contributed by atoms with E-state index in [9.17, 15) is 4.79 Å². The Labute approximate surface area is 182 Å². The number of fused-ring (bicyclic) bond motifs is 2. The number of nitrogens with zero attached hydrogens (tertiary/aromatic N) is 4. The summed E-state index contributed by atoms with van der Waals surface area (Å²) < 4.78 is 0. The zero-order chi connectivity index (χ0) is 20.5. The van der Waals surface area contributed by atoms with Gasteiger partial charge in [-0.15, -0.1) is 0 Å². The summed E-state index contributed by atoms with van der Waals surface area (Å²) >= 11 is 1.65. The quantitative estimate of drug-likeness (QED) is 0.408. The number of hydrogen-bond donors (Lipinski definition) is 0. The number of carbonyl (C=O) groups excluding carboxylic acids is 1. The molecule has 1 saturated carbocycles. The van der Waals surface area contributed by atoms with E-state index < -0.39 is 0 Å². The molecule has 30 heavy (non-hydrogen) atoms. The Morgan fingerprint density at radius 2 is 2.20 bits per heavy atom. The molecule has 5 rings (SSSR count). The molecule has 0 spiro atoms. The normalized spacial score (nSPS) is 27.6. The third-order valence-corrected chi connectivity index (χ3v) is 7.73. The molecule has 0 radical (unpaired) electrons. The van der Waals surface area contributed by atoms with Crippen LogP contribution in [0.1, 0.15) is 48.4 Å². The number of rotatable bonds is 5. The Morgan fingerprint density at radius 3 is 2.97 bits per heavy atom. The van der Waals surface area contributed by atoms with Gasteiger partial charge in [0.2, 0.25) is 5.91 Å². The van der Waals surface area contributed by atoms with Crippen molar-refractivity contribution in [1.82, 2.24) is 19.9 Å². The van der Waals surface area contributed by atoms with Crippen LogP contribution in [0.25, 0.3) is 0 Å². The Kier molecular flexibility index (Phi) is 5.59. The first kappa shape index (κ1) is 19.7. The maximum atomic E-state index is 13.2. The zero-order valence-electron chi connectivity index (χ0n) is 17.4. The van der Waals surface area contributed by atoms with Gasteiger partial charge in [-0.2, -0.15) is 0 Å². The molecule has 1 amide bonds. The van der Waals surface area contributed by atoms with Gasteiger partial charge < -0.3 is 4.90 Å². The minimum atomic E-state index is 0.204. The van der Waals surface area contributed by atoms with Gasteiger partial charge in [0.15, 0.2) is 5.16 Å². The van der Waals surface area contributed by atoms with Gasteiger partial charge in [-0.3, -0.25) is 9.78 Å². The number of hydrogen-bond acceptors (Lipinski definition) is 5. The Hall–Kier alpha value is -2.21. The molecule has 156 valence electrons. The predicted octanol–water partition coefficient (Wildman–Crippen LogP) is 4.39. The van der Waals surface area contributed by atoms with Crippen LogP contribution in [-0.4, -0.2) is 38.8 Å². The van der Waals surface area contributed by atoms with E-state index >= 15 is 0 Å². The lowest BCUT2D eigenvalue weighted by Crippen LogP contribution is -2.43. The minimum Gasteiger partial charge on any atom is -0.342 e. The van der Waals surface area contributed by atoms with E-state index in [0.717, 1.165) is 54.5 Å². The molecule has 2 bridgehead atoms. The highest BCUT2D eigenvalue weighted by molar-refractivity contribution is 7.98. The molecule has 2 aromatic rings. The number of carbonyl (C=O) groups is 1. The average Bonchev–Trinajstić information content (AvgIpc) is 3.43. The molecular weight excluding hydrogens is 392 g/mol. The van der Waals surface area contributed by atoms with Gasteiger partial charge in [0.05, 0.1) is 5.69 Å². The third kappa shape index (κ3) is 4.02. The molecule has 2 aliphatic carbocycles. The standard InChI is InChI=1S/C24H28N4OS/c1-16-12-26-24(30-15-18-4-2-8-25-13-18)27-22(16)20-5-3-9-28(14-20)23(29)21-11-17-6-7-19(21)10-17/h2,4,6-8,12-13,17,19-21H,3,5,9-11,14-15H2,1H3/t17-,19+,20+,21+/m1/s1. The number of aromatic nitrogens is 3. The van der Waals surface area contributed by atoms with Crippen molar-refractivity contribution in [3.05, 3.63) is 59.7 Å². The summed E-state index contributed by atoms with van der Waals surface area (Å²) in [5.41, 5.74) is 3.41. The molecule has 2 fully saturated rings. The molecule has 6 heteroatoms. The van der Waals surface area contributed by atoms with Gasteiger partial charge in [-0.05, 0) is 61.6 Å². The molecule has 0 unspecified atom stereocenters. The summed E-state index contributed by atoms with van der Waals surface area (Å²) in [6.07, 6.45) is 14.6. The molecule has 1 saturated heterocycles. The van der Waals surface area contributed by atoms with Gasteiger partial charge in [-0.25, -0.2) is 9.97 Å². The van der Waals surface area contributed by atoms with E-state index in [4.69, 9.17) is 4.98 Å². The fraction of sp³-hybridized carbons (Fsp3) is 0.500. The van der Waals surface area contributed by atoms with E-state index in [1.54, 1.807) is 18.0 Å². The van der Waals surface area contributed by atoms with Gasteiger partial charge in [0, 0.05) is 49.3 Å². The van der Waals surface area contributed by atoms with Crippen LogP contribution in [-0.2, 0) is 10.5 Å². The molecule has 0 N–H and O–H groups in total. The maximum Gasteiger partial charge on any atom is 0.226 e. The number of pyridine rings is 1. The van der Waals surface area contributed by atoms with Crippen molar-refractivity contribution in [2.45, 2.75) is 49.4 Å². The molecule has 5 nitrogen and oxygen atoms in total. The van der Waals surface area contributed by atoms with Gasteiger partial charge in [0.1, 0.15) is 0 Å². The number of aryl methyl sites for hydroxylation is 1. The fourth-order valence-corrected chi connectivity index (χ4v) is 6.01. The largest absolute Gasteiger partial charge is 0.342 e. The SMILES string of the molecule is Cc1cnc(SCc2cccnc2)nc1[C@H]1CCCN(C(=O)[C@H]2C[C@@H]3C=C[C@H]2C3)C1. The summed E-state index contributed by atoms with van der Waals surface area (Å²) in [4.78, 5) is 29.0. The van der Waals surface area contributed by atoms with Crippen molar-refractivity contribution < 1.29 is 4.79 Å². The van der Waals surface area contributed by atoms with E-state index in [-0.39, 0.29) is 5.92 Å². The average molecular weight is 421 g/mol. The summed E-state index contributed by atoms with van der Waals surface area (Å²) in [6.45, 7) is 3.77. The van der Waals surface area contributed by atoms with Crippen molar-refractivity contribution in [2.24, 2.45) is 17.8 Å². The highest BCUT2D eigenvalue weighted by Gasteiger charge is 2.42. The van der Waals surface area contributed by atoms with Crippen LogP contribution < -0.4 is 0 Å². The topological polar surface area (TPSA) is 59.0 Å². The number of likely N-dealkylation sites (tertiary alicyclic amines) is 1. The van der Waals surface area contributed by atoms with Crippen LogP contribution >= 0.6 is 11.8 Å². The first-order valence-electron chi connectivity index (χ1n) is 11.0. The molecule has 1 aliphatic heterocycles. The third-order valence-electron chi connectivity index (χ3n) is 6.80. The second-order valence-corrected chi connectivity index (χ2v) is 9.82. The first-order chi connectivity index (χ1) is 14.7. The zero-order valence-corrected chi connectivity index (χ0v) is 18.2. The van der Waals surface area contributed by atoms with Crippen molar-refractivity contribution in [1.29, 1.82) is 0 Å². The van der Waals surface area contributed by atoms with Gasteiger partial charge >= 0.3 is 0 Å². The molecule has 3 heterocycles. The summed E-state index contributed by atoms with van der Waals surface area (Å²) in [5, 5.41) is 0.807. The highest BCUT2D eigenvalue weighted by atomic mass is 32.2. The molecule has 2 aromatic heterocycles. The second-order valence-electron chi connectivity index (χ2n) is 8.88. The Bertz CT molecular complexity index is 947. The lowest BCUT2D eigenvalue weighted by Gasteiger charge is -2.35. The maximum absolute atomic E-state index is 13.2. The van der Waals surface area contributed by atoms with Crippen molar-refractivity contribution in [3.8, 4) is 0 Å². The second kappa shape index (κ2) is 8.50.